The molecular weight excluding hydrogens is 322 g/mol. The van der Waals surface area contributed by atoms with E-state index in [1.54, 1.807) is 19.2 Å². The molecule has 2 atom stereocenters. The van der Waals surface area contributed by atoms with E-state index in [1.165, 1.54) is 12.1 Å². The first-order chi connectivity index (χ1) is 9.76. The highest BCUT2D eigenvalue weighted by molar-refractivity contribution is 6.35. The van der Waals surface area contributed by atoms with Gasteiger partial charge in [0.25, 0.3) is 5.91 Å². The van der Waals surface area contributed by atoms with Gasteiger partial charge in [0.15, 0.2) is 6.04 Å². The van der Waals surface area contributed by atoms with Gasteiger partial charge in [-0.25, -0.2) is 9.18 Å². The fourth-order valence-electron chi connectivity index (χ4n) is 1.78. The minimum absolute atomic E-state index is 0.0626. The predicted molar refractivity (Wildman–Crippen MR) is 76.8 cm³/mol. The summed E-state index contributed by atoms with van der Waals surface area (Å²) in [5.41, 5.74) is 0.510. The maximum atomic E-state index is 13.5. The number of imide groups is 1. The Kier molecular flexibility index (Phi) is 6.39. The molecule has 0 spiro atoms. The van der Waals surface area contributed by atoms with Gasteiger partial charge in [-0.3, -0.25) is 10.1 Å². The van der Waals surface area contributed by atoms with Crippen LogP contribution in [-0.2, 0) is 9.53 Å². The van der Waals surface area contributed by atoms with Crippen LogP contribution in [0.1, 0.15) is 25.5 Å². The van der Waals surface area contributed by atoms with Crippen LogP contribution in [-0.4, -0.2) is 25.2 Å². The Morgan fingerprint density at radius 1 is 1.29 bits per heavy atom. The zero-order valence-corrected chi connectivity index (χ0v) is 13.3. The summed E-state index contributed by atoms with van der Waals surface area (Å²) in [6.45, 7) is 3.37. The molecule has 0 heterocycles. The maximum absolute atomic E-state index is 13.5. The minimum Gasteiger partial charge on any atom is -0.453 e. The summed E-state index contributed by atoms with van der Waals surface area (Å²) < 4.78 is 17.8. The molecule has 5 nitrogen and oxygen atoms in total. The summed E-state index contributed by atoms with van der Waals surface area (Å²) >= 11 is 11.7. The second-order valence-corrected chi connectivity index (χ2v) is 5.35. The van der Waals surface area contributed by atoms with Gasteiger partial charge in [-0.15, -0.1) is 0 Å². The van der Waals surface area contributed by atoms with Crippen molar-refractivity contribution in [2.24, 2.45) is 0 Å². The molecule has 0 aliphatic rings. The molecule has 0 aromatic heterocycles. The van der Waals surface area contributed by atoms with Crippen LogP contribution in [0.3, 0.4) is 0 Å². The highest BCUT2D eigenvalue weighted by atomic mass is 35.5. The molecule has 0 unspecified atom stereocenters. The highest BCUT2D eigenvalue weighted by Gasteiger charge is 2.24. The number of hydrogen-bond acceptors (Lipinski definition) is 3. The molecule has 0 saturated carbocycles. The first-order valence-electron chi connectivity index (χ1n) is 6.14. The molecule has 1 rings (SSSR count). The lowest BCUT2D eigenvalue weighted by Crippen LogP contribution is -2.92. The Bertz CT molecular complexity index is 554. The van der Waals surface area contributed by atoms with Crippen LogP contribution in [0.25, 0.3) is 0 Å². The van der Waals surface area contributed by atoms with E-state index in [4.69, 9.17) is 23.2 Å². The van der Waals surface area contributed by atoms with Crippen LogP contribution in [0.5, 0.6) is 0 Å². The number of ether oxygens (including phenoxy) is 1. The van der Waals surface area contributed by atoms with Crippen molar-refractivity contribution in [3.05, 3.63) is 33.6 Å². The number of carbonyl (C=O) groups excluding carboxylic acids is 2. The van der Waals surface area contributed by atoms with Gasteiger partial charge in [0.05, 0.1) is 17.2 Å². The summed E-state index contributed by atoms with van der Waals surface area (Å²) in [5.74, 6) is -1.10. The minimum atomic E-state index is -0.830. The van der Waals surface area contributed by atoms with Crippen LogP contribution in [0.4, 0.5) is 9.18 Å². The average Bonchev–Trinajstić information content (AvgIpc) is 2.42. The van der Waals surface area contributed by atoms with Gasteiger partial charge in [-0.1, -0.05) is 23.2 Å². The Balaban J connectivity index is 2.77. The van der Waals surface area contributed by atoms with Gasteiger partial charge in [0.1, 0.15) is 11.9 Å². The zero-order valence-electron chi connectivity index (χ0n) is 11.7. The van der Waals surface area contributed by atoms with Crippen molar-refractivity contribution in [3.8, 4) is 0 Å². The molecule has 0 saturated heterocycles. The van der Waals surface area contributed by atoms with Crippen molar-refractivity contribution in [1.82, 2.24) is 5.32 Å². The summed E-state index contributed by atoms with van der Waals surface area (Å²) in [5, 5.41) is 3.96. The van der Waals surface area contributed by atoms with Gasteiger partial charge in [0, 0.05) is 5.56 Å². The molecule has 3 N–H and O–H groups in total. The Labute approximate surface area is 131 Å². The standard InChI is InChI=1S/C13H15Cl2FN2O3/c1-6(8-4-11(16)10(15)5-9(8)14)17-7(2)12(19)18-13(20)21-3/h4-7,17H,1-3H3,(H,18,19,20)/p+1/t6-,7-/m0/s1. The fraction of sp³-hybridized carbons (Fsp3) is 0.385. The number of hydrogen-bond donors (Lipinski definition) is 2. The first-order valence-corrected chi connectivity index (χ1v) is 6.90. The number of methoxy groups -OCH3 is 1. The lowest BCUT2D eigenvalue weighted by Gasteiger charge is -2.17. The number of nitrogens with two attached hydrogens (primary N) is 1. The summed E-state index contributed by atoms with van der Waals surface area (Å²) in [6, 6.07) is 1.66. The number of quaternary nitrogens is 1. The van der Waals surface area contributed by atoms with Crippen molar-refractivity contribution >= 4 is 35.2 Å². The van der Waals surface area contributed by atoms with Crippen LogP contribution >= 0.6 is 23.2 Å². The lowest BCUT2D eigenvalue weighted by atomic mass is 10.1. The van der Waals surface area contributed by atoms with E-state index in [0.717, 1.165) is 7.11 Å². The van der Waals surface area contributed by atoms with Gasteiger partial charge >= 0.3 is 6.09 Å². The van der Waals surface area contributed by atoms with Gasteiger partial charge in [-0.2, -0.15) is 0 Å². The molecule has 8 heteroatoms. The van der Waals surface area contributed by atoms with E-state index in [-0.39, 0.29) is 11.1 Å². The average molecular weight is 338 g/mol. The van der Waals surface area contributed by atoms with Crippen molar-refractivity contribution in [1.29, 1.82) is 0 Å². The van der Waals surface area contributed by atoms with Crippen LogP contribution in [0.2, 0.25) is 10.0 Å². The molecule has 1 aromatic carbocycles. The Morgan fingerprint density at radius 2 is 1.90 bits per heavy atom. The predicted octanol–water partition coefficient (Wildman–Crippen LogP) is 2.03. The lowest BCUT2D eigenvalue weighted by molar-refractivity contribution is -0.710. The Morgan fingerprint density at radius 3 is 2.48 bits per heavy atom. The molecule has 0 fully saturated rings. The first kappa shape index (κ1) is 17.7. The smallest absolute Gasteiger partial charge is 0.413 e. The van der Waals surface area contributed by atoms with Crippen LogP contribution in [0.15, 0.2) is 12.1 Å². The maximum Gasteiger partial charge on any atom is 0.413 e. The quantitative estimate of drug-likeness (QED) is 0.825. The van der Waals surface area contributed by atoms with E-state index in [1.807, 2.05) is 0 Å². The number of alkyl carbamates (subject to hydrolysis) is 1. The highest BCUT2D eigenvalue weighted by Crippen LogP contribution is 2.27. The third kappa shape index (κ3) is 4.84. The van der Waals surface area contributed by atoms with E-state index in [9.17, 15) is 14.0 Å². The van der Waals surface area contributed by atoms with Crippen molar-refractivity contribution in [2.75, 3.05) is 7.11 Å². The number of nitrogens with one attached hydrogen (secondary N) is 1. The zero-order chi connectivity index (χ0) is 16.2. The monoisotopic (exact) mass is 337 g/mol. The van der Waals surface area contributed by atoms with Crippen molar-refractivity contribution in [3.63, 3.8) is 0 Å². The second-order valence-electron chi connectivity index (χ2n) is 4.54. The van der Waals surface area contributed by atoms with Crippen LogP contribution in [0, 0.1) is 5.82 Å². The molecular formula is C13H16Cl2FN2O3+. The third-order valence-electron chi connectivity index (χ3n) is 2.93. The normalized spacial score (nSPS) is 13.4. The van der Waals surface area contributed by atoms with Gasteiger partial charge in [-0.05, 0) is 26.0 Å². The van der Waals surface area contributed by atoms with Gasteiger partial charge < -0.3 is 10.1 Å². The SMILES string of the molecule is COC(=O)NC(=O)[C@H](C)[NH2+][C@@H](C)c1cc(F)c(Cl)cc1Cl. The topological polar surface area (TPSA) is 72.0 Å². The molecule has 0 aliphatic heterocycles. The van der Waals surface area contributed by atoms with Gasteiger partial charge in [0.2, 0.25) is 0 Å². The molecule has 21 heavy (non-hydrogen) atoms. The van der Waals surface area contributed by atoms with E-state index < -0.39 is 23.9 Å². The van der Waals surface area contributed by atoms with E-state index >= 15 is 0 Å². The Hall–Kier alpha value is -1.37. The summed E-state index contributed by atoms with van der Waals surface area (Å²) in [6.07, 6.45) is -0.830. The number of carbonyl (C=O) groups is 2. The molecule has 0 aliphatic carbocycles. The summed E-state index contributed by atoms with van der Waals surface area (Å²) in [7, 11) is 1.16. The van der Waals surface area contributed by atoms with Crippen molar-refractivity contribution in [2.45, 2.75) is 25.9 Å². The molecule has 116 valence electrons. The second kappa shape index (κ2) is 7.59. The summed E-state index contributed by atoms with van der Waals surface area (Å²) in [4.78, 5) is 22.7. The number of halogens is 3. The largest absolute Gasteiger partial charge is 0.453 e. The molecule has 0 radical (unpaired) electrons. The fourth-order valence-corrected chi connectivity index (χ4v) is 2.33. The molecule has 2 amide bonds. The van der Waals surface area contributed by atoms with E-state index in [2.05, 4.69) is 10.1 Å². The molecule has 0 bridgehead atoms. The molecule has 1 aromatic rings. The van der Waals surface area contributed by atoms with Crippen molar-refractivity contribution < 1.29 is 24.0 Å². The number of amides is 2. The van der Waals surface area contributed by atoms with Crippen LogP contribution < -0.4 is 10.6 Å². The van der Waals surface area contributed by atoms with E-state index in [0.29, 0.717) is 10.6 Å². The number of benzene rings is 1. The third-order valence-corrected chi connectivity index (χ3v) is 3.55. The number of rotatable bonds is 4.